The van der Waals surface area contributed by atoms with E-state index in [9.17, 15) is 14.4 Å². The van der Waals surface area contributed by atoms with Crippen LogP contribution in [0, 0.1) is 0 Å². The topological polar surface area (TPSA) is 98.7 Å². The van der Waals surface area contributed by atoms with E-state index >= 15 is 0 Å². The molecule has 0 bridgehead atoms. The Bertz CT molecular complexity index is 768. The number of hydrogen-bond donors (Lipinski definition) is 3. The van der Waals surface area contributed by atoms with Crippen molar-refractivity contribution in [1.82, 2.24) is 15.7 Å². The average Bonchev–Trinajstić information content (AvgIpc) is 2.92. The molecule has 3 N–H and O–H groups in total. The standard InChI is InChI=1S/C18H17N3O4/c1-12(15(22)20-25)21-17(24)19-16(23)18(21,13-8-4-2-5-9-13)14-10-6-3-7-11-14/h2-12,25H,1H3,(H,20,22)(H,19,23,24). The molecule has 0 radical (unpaired) electrons. The van der Waals surface area contributed by atoms with Crippen molar-refractivity contribution >= 4 is 17.8 Å². The largest absolute Gasteiger partial charge is 0.326 e. The lowest BCUT2D eigenvalue weighted by Gasteiger charge is -2.38. The van der Waals surface area contributed by atoms with Crippen LogP contribution in [0.15, 0.2) is 60.7 Å². The van der Waals surface area contributed by atoms with Gasteiger partial charge in [-0.2, -0.15) is 0 Å². The first-order valence-corrected chi connectivity index (χ1v) is 7.73. The molecule has 0 spiro atoms. The van der Waals surface area contributed by atoms with Gasteiger partial charge in [0, 0.05) is 0 Å². The third-order valence-electron chi connectivity index (χ3n) is 4.39. The van der Waals surface area contributed by atoms with E-state index in [1.807, 2.05) is 0 Å². The molecule has 1 fully saturated rings. The fraction of sp³-hybridized carbons (Fsp3) is 0.167. The van der Waals surface area contributed by atoms with Crippen LogP contribution in [0.3, 0.4) is 0 Å². The minimum Gasteiger partial charge on any atom is -0.290 e. The third kappa shape index (κ3) is 2.45. The smallest absolute Gasteiger partial charge is 0.290 e. The van der Waals surface area contributed by atoms with E-state index in [0.717, 1.165) is 4.90 Å². The highest BCUT2D eigenvalue weighted by Gasteiger charge is 2.58. The summed E-state index contributed by atoms with van der Waals surface area (Å²) in [7, 11) is 0. The van der Waals surface area contributed by atoms with E-state index in [1.165, 1.54) is 6.92 Å². The zero-order chi connectivity index (χ0) is 18.0. The molecule has 7 nitrogen and oxygen atoms in total. The van der Waals surface area contributed by atoms with Crippen LogP contribution in [0.25, 0.3) is 0 Å². The summed E-state index contributed by atoms with van der Waals surface area (Å²) in [4.78, 5) is 38.7. The summed E-state index contributed by atoms with van der Waals surface area (Å²) in [5, 5.41) is 11.3. The van der Waals surface area contributed by atoms with Gasteiger partial charge in [0.2, 0.25) is 0 Å². The molecule has 1 atom stereocenters. The third-order valence-corrected chi connectivity index (χ3v) is 4.39. The number of hydroxylamine groups is 1. The SMILES string of the molecule is CC(C(=O)NO)N1C(=O)NC(=O)C1(c1ccccc1)c1ccccc1. The highest BCUT2D eigenvalue weighted by Crippen LogP contribution is 2.41. The van der Waals surface area contributed by atoms with Gasteiger partial charge in [0.25, 0.3) is 11.8 Å². The Morgan fingerprint density at radius 3 is 1.96 bits per heavy atom. The van der Waals surface area contributed by atoms with Crippen LogP contribution in [0.2, 0.25) is 0 Å². The lowest BCUT2D eigenvalue weighted by atomic mass is 9.80. The van der Waals surface area contributed by atoms with Crippen molar-refractivity contribution in [1.29, 1.82) is 0 Å². The minimum atomic E-state index is -1.51. The van der Waals surface area contributed by atoms with Gasteiger partial charge in [-0.1, -0.05) is 60.7 Å². The van der Waals surface area contributed by atoms with Crippen LogP contribution in [0.1, 0.15) is 18.1 Å². The second kappa shape index (κ2) is 6.37. The molecule has 0 aromatic heterocycles. The Morgan fingerprint density at radius 2 is 1.52 bits per heavy atom. The molecule has 1 heterocycles. The summed E-state index contributed by atoms with van der Waals surface area (Å²) in [6.45, 7) is 1.45. The van der Waals surface area contributed by atoms with Crippen molar-refractivity contribution < 1.29 is 19.6 Å². The molecule has 3 rings (SSSR count). The first-order chi connectivity index (χ1) is 12.0. The molecule has 0 saturated carbocycles. The second-order valence-corrected chi connectivity index (χ2v) is 5.72. The summed E-state index contributed by atoms with van der Waals surface area (Å²) < 4.78 is 0. The Hall–Kier alpha value is -3.19. The van der Waals surface area contributed by atoms with E-state index in [-0.39, 0.29) is 0 Å². The zero-order valence-corrected chi connectivity index (χ0v) is 13.5. The molecule has 1 saturated heterocycles. The van der Waals surface area contributed by atoms with Crippen LogP contribution < -0.4 is 10.8 Å². The van der Waals surface area contributed by atoms with Gasteiger partial charge >= 0.3 is 6.03 Å². The molecule has 7 heteroatoms. The monoisotopic (exact) mass is 339 g/mol. The number of imide groups is 1. The maximum atomic E-state index is 13.0. The molecule has 25 heavy (non-hydrogen) atoms. The minimum absolute atomic E-state index is 0.544. The maximum absolute atomic E-state index is 13.0. The van der Waals surface area contributed by atoms with Gasteiger partial charge in [-0.25, -0.2) is 10.3 Å². The van der Waals surface area contributed by atoms with Crippen molar-refractivity contribution in [3.05, 3.63) is 71.8 Å². The van der Waals surface area contributed by atoms with Crippen LogP contribution in [-0.4, -0.2) is 34.0 Å². The average molecular weight is 339 g/mol. The fourth-order valence-corrected chi connectivity index (χ4v) is 3.25. The molecule has 4 amide bonds. The highest BCUT2D eigenvalue weighted by molar-refractivity contribution is 6.11. The van der Waals surface area contributed by atoms with Crippen molar-refractivity contribution in [3.63, 3.8) is 0 Å². The Balaban J connectivity index is 2.30. The normalized spacial score (nSPS) is 17.1. The maximum Gasteiger partial charge on any atom is 0.326 e. The van der Waals surface area contributed by atoms with Crippen LogP contribution in [0.5, 0.6) is 0 Å². The number of rotatable bonds is 4. The first kappa shape index (κ1) is 16.7. The first-order valence-electron chi connectivity index (χ1n) is 7.73. The summed E-state index contributed by atoms with van der Waals surface area (Å²) in [5.74, 6) is -1.34. The molecule has 2 aromatic carbocycles. The van der Waals surface area contributed by atoms with E-state index in [4.69, 9.17) is 5.21 Å². The summed E-state index contributed by atoms with van der Waals surface area (Å²) in [5.41, 5.74) is 1.12. The molecule has 128 valence electrons. The van der Waals surface area contributed by atoms with E-state index in [1.54, 1.807) is 66.1 Å². The van der Waals surface area contributed by atoms with Gasteiger partial charge in [0.1, 0.15) is 6.04 Å². The number of nitrogens with one attached hydrogen (secondary N) is 2. The van der Waals surface area contributed by atoms with Crippen LogP contribution in [0.4, 0.5) is 4.79 Å². The zero-order valence-electron chi connectivity index (χ0n) is 13.5. The molecular weight excluding hydrogens is 322 g/mol. The Morgan fingerprint density at radius 1 is 1.04 bits per heavy atom. The predicted octanol–water partition coefficient (Wildman–Crippen LogP) is 1.38. The number of urea groups is 1. The van der Waals surface area contributed by atoms with Crippen molar-refractivity contribution in [2.75, 3.05) is 0 Å². The fourth-order valence-electron chi connectivity index (χ4n) is 3.25. The Labute approximate surface area is 144 Å². The van der Waals surface area contributed by atoms with E-state index in [0.29, 0.717) is 11.1 Å². The summed E-state index contributed by atoms with van der Waals surface area (Å²) >= 11 is 0. The van der Waals surface area contributed by atoms with Crippen molar-refractivity contribution in [2.24, 2.45) is 0 Å². The molecular formula is C18H17N3O4. The van der Waals surface area contributed by atoms with Crippen LogP contribution >= 0.6 is 0 Å². The lowest BCUT2D eigenvalue weighted by Crippen LogP contribution is -2.55. The van der Waals surface area contributed by atoms with Gasteiger partial charge < -0.3 is 0 Å². The van der Waals surface area contributed by atoms with Gasteiger partial charge in [0.15, 0.2) is 5.54 Å². The number of carbonyl (C=O) groups is 3. The molecule has 1 unspecified atom stereocenters. The lowest BCUT2D eigenvalue weighted by molar-refractivity contribution is -0.136. The number of benzene rings is 2. The quantitative estimate of drug-likeness (QED) is 0.445. The molecule has 0 aliphatic carbocycles. The van der Waals surface area contributed by atoms with Crippen molar-refractivity contribution in [2.45, 2.75) is 18.5 Å². The van der Waals surface area contributed by atoms with Crippen LogP contribution in [-0.2, 0) is 15.1 Å². The number of hydrogen-bond acceptors (Lipinski definition) is 4. The van der Waals surface area contributed by atoms with Gasteiger partial charge in [-0.15, -0.1) is 0 Å². The van der Waals surface area contributed by atoms with E-state index in [2.05, 4.69) is 5.32 Å². The summed E-state index contributed by atoms with van der Waals surface area (Å²) in [6, 6.07) is 15.7. The number of carbonyl (C=O) groups excluding carboxylic acids is 3. The van der Waals surface area contributed by atoms with E-state index < -0.39 is 29.4 Å². The highest BCUT2D eigenvalue weighted by atomic mass is 16.5. The Kier molecular flexibility index (Phi) is 4.24. The van der Waals surface area contributed by atoms with Gasteiger partial charge in [-0.3, -0.25) is 25.0 Å². The number of nitrogens with zero attached hydrogens (tertiary/aromatic N) is 1. The second-order valence-electron chi connectivity index (χ2n) is 5.72. The predicted molar refractivity (Wildman–Crippen MR) is 88.4 cm³/mol. The molecule has 2 aromatic rings. The molecule has 1 aliphatic rings. The summed E-state index contributed by atoms with van der Waals surface area (Å²) in [6.07, 6.45) is 0. The molecule has 1 aliphatic heterocycles. The number of amides is 4. The van der Waals surface area contributed by atoms with Crippen molar-refractivity contribution in [3.8, 4) is 0 Å². The van der Waals surface area contributed by atoms with Gasteiger partial charge in [0.05, 0.1) is 0 Å². The van der Waals surface area contributed by atoms with Gasteiger partial charge in [-0.05, 0) is 18.1 Å².